The van der Waals surface area contributed by atoms with Crippen LogP contribution in [0.1, 0.15) is 46.5 Å². The third kappa shape index (κ3) is 21.6. The van der Waals surface area contributed by atoms with Crippen molar-refractivity contribution < 1.29 is 48.4 Å². The molecule has 0 saturated carbocycles. The number of rotatable bonds is 12. The summed E-state index contributed by atoms with van der Waals surface area (Å²) in [4.78, 5) is 52.6. The third-order valence-corrected chi connectivity index (χ3v) is 3.84. The molecule has 0 rings (SSSR count). The summed E-state index contributed by atoms with van der Waals surface area (Å²) in [6.45, 7) is 15.6. The van der Waals surface area contributed by atoms with Crippen molar-refractivity contribution in [1.29, 1.82) is 0 Å². The van der Waals surface area contributed by atoms with Gasteiger partial charge in [0.2, 0.25) is 0 Å². The summed E-state index contributed by atoms with van der Waals surface area (Å²) < 4.78 is 13.5. The molecule has 0 bridgehead atoms. The van der Waals surface area contributed by atoms with Crippen LogP contribution in [-0.2, 0) is 38.2 Å². The maximum atomic E-state index is 10.8. The molecule has 0 aliphatic heterocycles. The highest BCUT2D eigenvalue weighted by molar-refractivity contribution is 5.90. The van der Waals surface area contributed by atoms with Gasteiger partial charge in [-0.2, -0.15) is 0 Å². The molecule has 2 N–H and O–H groups in total. The molecule has 0 aromatic heterocycles. The molecule has 0 unspecified atom stereocenters. The number of carboxylic acids is 2. The van der Waals surface area contributed by atoms with Gasteiger partial charge in [-0.1, -0.05) is 45.2 Å². The number of methoxy groups -OCH3 is 2. The third-order valence-electron chi connectivity index (χ3n) is 3.84. The second kappa shape index (κ2) is 21.9. The molecule has 10 heteroatoms. The maximum Gasteiger partial charge on any atom is 0.333 e. The van der Waals surface area contributed by atoms with Crippen LogP contribution in [0.25, 0.3) is 0 Å². The lowest BCUT2D eigenvalue weighted by molar-refractivity contribution is -0.138. The molecular weight excluding hydrogens is 460 g/mol. The lowest BCUT2D eigenvalue weighted by atomic mass is 10.1. The number of carbonyl (C=O) groups is 5. The van der Waals surface area contributed by atoms with Gasteiger partial charge in [-0.15, -0.1) is 0 Å². The zero-order valence-electron chi connectivity index (χ0n) is 21.0. The van der Waals surface area contributed by atoms with Crippen LogP contribution in [0.5, 0.6) is 0 Å². The molecule has 0 aliphatic carbocycles. The summed E-state index contributed by atoms with van der Waals surface area (Å²) in [5.74, 6) is -3.37. The molecule has 0 amide bonds. The average molecular weight is 497 g/mol. The Hall–Kier alpha value is -3.95. The van der Waals surface area contributed by atoms with Crippen molar-refractivity contribution in [2.24, 2.45) is 0 Å². The van der Waals surface area contributed by atoms with E-state index in [4.69, 9.17) is 10.2 Å². The summed E-state index contributed by atoms with van der Waals surface area (Å²) in [5, 5.41) is 17.0. The van der Waals surface area contributed by atoms with E-state index in [2.05, 4.69) is 33.9 Å². The van der Waals surface area contributed by atoms with Crippen molar-refractivity contribution in [2.75, 3.05) is 20.8 Å². The summed E-state index contributed by atoms with van der Waals surface area (Å²) in [6.07, 6.45) is 6.39. The number of carboxylic acid groups (broad SMARTS) is 2. The number of carbonyl (C=O) groups excluding carboxylic acids is 3. The van der Waals surface area contributed by atoms with Gasteiger partial charge in [-0.3, -0.25) is 0 Å². The van der Waals surface area contributed by atoms with E-state index in [1.165, 1.54) is 46.3 Å². The minimum atomic E-state index is -1.00. The summed E-state index contributed by atoms with van der Waals surface area (Å²) >= 11 is 0. The Labute approximate surface area is 206 Å². The standard InChI is InChI=1S/2C9H12O4.C7H12O2/c2*1-6(8(10)11)4-5-7(2)9(12)13-3;1-3-5-6-9-7(8)4-2/h2*4H,2,5H2,1,3H3,(H,10,11);4H,2-3,5-6H2,1H3. The number of unbranched alkanes of at least 4 members (excludes halogenated alkanes) is 1. The van der Waals surface area contributed by atoms with E-state index in [1.54, 1.807) is 0 Å². The van der Waals surface area contributed by atoms with Gasteiger partial charge in [0.05, 0.1) is 20.8 Å². The van der Waals surface area contributed by atoms with E-state index in [9.17, 15) is 24.0 Å². The molecule has 0 aromatic rings. The van der Waals surface area contributed by atoms with Gasteiger partial charge in [0.1, 0.15) is 0 Å². The molecule has 196 valence electrons. The average Bonchev–Trinajstić information content (AvgIpc) is 2.84. The van der Waals surface area contributed by atoms with E-state index in [0.29, 0.717) is 6.61 Å². The van der Waals surface area contributed by atoms with Crippen LogP contribution in [0, 0.1) is 0 Å². The van der Waals surface area contributed by atoms with Crippen LogP contribution in [0.4, 0.5) is 0 Å². The molecule has 0 fully saturated rings. The monoisotopic (exact) mass is 496 g/mol. The topological polar surface area (TPSA) is 154 Å². The van der Waals surface area contributed by atoms with Gasteiger partial charge >= 0.3 is 29.8 Å². The molecule has 0 atom stereocenters. The lowest BCUT2D eigenvalue weighted by Gasteiger charge is -1.99. The molecule has 0 heterocycles. The van der Waals surface area contributed by atoms with Crippen LogP contribution >= 0.6 is 0 Å². The highest BCUT2D eigenvalue weighted by atomic mass is 16.5. The number of aliphatic carboxylic acids is 2. The van der Waals surface area contributed by atoms with E-state index in [-0.39, 0.29) is 41.1 Å². The smallest absolute Gasteiger partial charge is 0.333 e. The zero-order valence-corrected chi connectivity index (χ0v) is 21.0. The number of hydrogen-bond acceptors (Lipinski definition) is 8. The van der Waals surface area contributed by atoms with Crippen molar-refractivity contribution in [3.05, 3.63) is 60.3 Å². The van der Waals surface area contributed by atoms with Gasteiger partial charge in [0.15, 0.2) is 0 Å². The first kappa shape index (κ1) is 35.6. The second-order valence-electron chi connectivity index (χ2n) is 6.71. The normalized spacial score (nSPS) is 10.2. The van der Waals surface area contributed by atoms with E-state index < -0.39 is 23.9 Å². The Balaban J connectivity index is -0.000000448. The fourth-order valence-electron chi connectivity index (χ4n) is 1.56. The number of ether oxygens (including phenoxy) is 3. The van der Waals surface area contributed by atoms with Gasteiger partial charge in [-0.25, -0.2) is 24.0 Å². The van der Waals surface area contributed by atoms with Crippen molar-refractivity contribution in [1.82, 2.24) is 0 Å². The second-order valence-corrected chi connectivity index (χ2v) is 6.71. The summed E-state index contributed by atoms with van der Waals surface area (Å²) in [7, 11) is 2.50. The molecule has 0 radical (unpaired) electrons. The highest BCUT2D eigenvalue weighted by Gasteiger charge is 2.06. The molecule has 0 spiro atoms. The Bertz CT molecular complexity index is 775. The van der Waals surface area contributed by atoms with E-state index >= 15 is 0 Å². The molecule has 10 nitrogen and oxygen atoms in total. The predicted octanol–water partition coefficient (Wildman–Crippen LogP) is 3.79. The Kier molecular flexibility index (Phi) is 22.3. The maximum absolute atomic E-state index is 10.8. The highest BCUT2D eigenvalue weighted by Crippen LogP contribution is 2.05. The number of allylic oxidation sites excluding steroid dienone is 2. The fourth-order valence-corrected chi connectivity index (χ4v) is 1.56. The fraction of sp³-hybridized carbons (Fsp3) is 0.400. The van der Waals surface area contributed by atoms with Gasteiger partial charge in [0, 0.05) is 28.4 Å². The zero-order chi connectivity index (χ0) is 28.0. The van der Waals surface area contributed by atoms with Crippen molar-refractivity contribution in [3.63, 3.8) is 0 Å². The quantitative estimate of drug-likeness (QED) is 0.176. The first-order valence-electron chi connectivity index (χ1n) is 10.4. The summed E-state index contributed by atoms with van der Waals surface area (Å²) in [5.41, 5.74) is 0.848. The van der Waals surface area contributed by atoms with E-state index in [0.717, 1.165) is 12.8 Å². The van der Waals surface area contributed by atoms with Crippen LogP contribution < -0.4 is 0 Å². The van der Waals surface area contributed by atoms with Gasteiger partial charge < -0.3 is 24.4 Å². The molecule has 0 aliphatic rings. The first-order chi connectivity index (χ1) is 16.3. The minimum absolute atomic E-state index is 0.185. The Morgan fingerprint density at radius 3 is 1.43 bits per heavy atom. The first-order valence-corrected chi connectivity index (χ1v) is 10.4. The SMILES string of the molecule is C=C(CC=C(C)C(=O)O)C(=O)OC.C=C(CC=C(C)C(=O)O)C(=O)OC.C=CC(=O)OCCCC. The molecule has 0 aromatic carbocycles. The van der Waals surface area contributed by atoms with Crippen LogP contribution in [-0.4, -0.2) is 60.9 Å². The molecule has 0 saturated heterocycles. The van der Waals surface area contributed by atoms with Gasteiger partial charge in [-0.05, 0) is 33.1 Å². The molecule has 35 heavy (non-hydrogen) atoms. The number of hydrogen-bond donors (Lipinski definition) is 2. The van der Waals surface area contributed by atoms with Crippen LogP contribution in [0.15, 0.2) is 60.3 Å². The van der Waals surface area contributed by atoms with Crippen LogP contribution in [0.3, 0.4) is 0 Å². The van der Waals surface area contributed by atoms with Crippen LogP contribution in [0.2, 0.25) is 0 Å². The lowest BCUT2D eigenvalue weighted by Crippen LogP contribution is -2.03. The minimum Gasteiger partial charge on any atom is -0.478 e. The van der Waals surface area contributed by atoms with Crippen molar-refractivity contribution in [2.45, 2.75) is 46.5 Å². The Morgan fingerprint density at radius 2 is 1.17 bits per heavy atom. The van der Waals surface area contributed by atoms with Crippen molar-refractivity contribution >= 4 is 29.8 Å². The predicted molar refractivity (Wildman–Crippen MR) is 130 cm³/mol. The molecular formula is C25H36O10. The Morgan fingerprint density at radius 1 is 0.800 bits per heavy atom. The van der Waals surface area contributed by atoms with Crippen molar-refractivity contribution in [3.8, 4) is 0 Å². The largest absolute Gasteiger partial charge is 0.478 e. The number of esters is 3. The van der Waals surface area contributed by atoms with Gasteiger partial charge in [0.25, 0.3) is 0 Å². The van der Waals surface area contributed by atoms with E-state index in [1.807, 2.05) is 6.92 Å². The summed E-state index contributed by atoms with van der Waals surface area (Å²) in [6, 6.07) is 0.